The van der Waals surface area contributed by atoms with Crippen molar-refractivity contribution in [2.24, 2.45) is 0 Å². The van der Waals surface area contributed by atoms with Crippen LogP contribution in [0.1, 0.15) is 10.5 Å². The van der Waals surface area contributed by atoms with Gasteiger partial charge in [0.1, 0.15) is 5.69 Å². The molecular formula is C8H5ClN2O. The van der Waals surface area contributed by atoms with E-state index in [1.165, 1.54) is 0 Å². The number of rotatable bonds is 1. The molecule has 2 heterocycles. The predicted octanol–water partition coefficient (Wildman–Crippen LogP) is 1.80. The maximum Gasteiger partial charge on any atom is 0.170 e. The van der Waals surface area contributed by atoms with Crippen LogP contribution in [0.15, 0.2) is 24.4 Å². The van der Waals surface area contributed by atoms with Crippen molar-refractivity contribution < 1.29 is 4.79 Å². The quantitative estimate of drug-likeness (QED) is 0.628. The van der Waals surface area contributed by atoms with Crippen LogP contribution in [0.2, 0.25) is 5.02 Å². The Hall–Kier alpha value is -1.35. The zero-order chi connectivity index (χ0) is 8.55. The van der Waals surface area contributed by atoms with Gasteiger partial charge in [-0.2, -0.15) is 5.10 Å². The fourth-order valence-electron chi connectivity index (χ4n) is 1.06. The normalized spacial score (nSPS) is 10.4. The molecule has 0 aromatic carbocycles. The second-order valence-electron chi connectivity index (χ2n) is 2.37. The zero-order valence-electron chi connectivity index (χ0n) is 6.07. The van der Waals surface area contributed by atoms with E-state index in [2.05, 4.69) is 5.10 Å². The third kappa shape index (κ3) is 0.987. The van der Waals surface area contributed by atoms with Crippen LogP contribution in [-0.4, -0.2) is 15.9 Å². The molecule has 0 saturated carbocycles. The van der Waals surface area contributed by atoms with Crippen molar-refractivity contribution in [3.63, 3.8) is 0 Å². The Labute approximate surface area is 73.6 Å². The SMILES string of the molecule is O=Cc1cc2c(Cl)cccn2n1. The van der Waals surface area contributed by atoms with Crippen molar-refractivity contribution in [1.29, 1.82) is 0 Å². The van der Waals surface area contributed by atoms with Gasteiger partial charge in [0.25, 0.3) is 0 Å². The highest BCUT2D eigenvalue weighted by Gasteiger charge is 2.02. The summed E-state index contributed by atoms with van der Waals surface area (Å²) < 4.78 is 1.58. The lowest BCUT2D eigenvalue weighted by atomic mass is 10.4. The maximum absolute atomic E-state index is 10.4. The van der Waals surface area contributed by atoms with E-state index in [1.807, 2.05) is 0 Å². The van der Waals surface area contributed by atoms with E-state index in [1.54, 1.807) is 28.9 Å². The summed E-state index contributed by atoms with van der Waals surface area (Å²) in [7, 11) is 0. The highest BCUT2D eigenvalue weighted by atomic mass is 35.5. The summed E-state index contributed by atoms with van der Waals surface area (Å²) in [6.07, 6.45) is 2.44. The lowest BCUT2D eigenvalue weighted by molar-refractivity contribution is 0.111. The van der Waals surface area contributed by atoms with Gasteiger partial charge in [0.05, 0.1) is 10.5 Å². The van der Waals surface area contributed by atoms with Crippen LogP contribution in [-0.2, 0) is 0 Å². The molecular weight excluding hydrogens is 176 g/mol. The Morgan fingerprint density at radius 1 is 1.58 bits per heavy atom. The summed E-state index contributed by atoms with van der Waals surface area (Å²) in [5, 5.41) is 4.55. The fraction of sp³-hybridized carbons (Fsp3) is 0. The molecule has 0 amide bonds. The van der Waals surface area contributed by atoms with E-state index >= 15 is 0 Å². The molecule has 0 N–H and O–H groups in total. The molecule has 2 aromatic rings. The molecule has 0 fully saturated rings. The average molecular weight is 181 g/mol. The number of pyridine rings is 1. The minimum atomic E-state index is 0.392. The fourth-order valence-corrected chi connectivity index (χ4v) is 1.27. The van der Waals surface area contributed by atoms with Crippen molar-refractivity contribution in [2.45, 2.75) is 0 Å². The van der Waals surface area contributed by atoms with Crippen LogP contribution < -0.4 is 0 Å². The molecule has 0 spiro atoms. The molecule has 0 radical (unpaired) electrons. The number of aromatic nitrogens is 2. The summed E-state index contributed by atoms with van der Waals surface area (Å²) in [6.45, 7) is 0. The van der Waals surface area contributed by atoms with Crippen LogP contribution in [0.4, 0.5) is 0 Å². The highest BCUT2D eigenvalue weighted by Crippen LogP contribution is 2.16. The van der Waals surface area contributed by atoms with Crippen LogP contribution in [0.5, 0.6) is 0 Å². The molecule has 0 unspecified atom stereocenters. The molecule has 4 heteroatoms. The average Bonchev–Trinajstić information content (AvgIpc) is 2.49. The molecule has 12 heavy (non-hydrogen) atoms. The molecule has 2 aromatic heterocycles. The Balaban J connectivity index is 2.82. The first-order chi connectivity index (χ1) is 5.81. The number of carbonyl (C=O) groups excluding carboxylic acids is 1. The Morgan fingerprint density at radius 3 is 3.08 bits per heavy atom. The number of carbonyl (C=O) groups is 1. The van der Waals surface area contributed by atoms with E-state index in [-0.39, 0.29) is 0 Å². The summed E-state index contributed by atoms with van der Waals surface area (Å²) in [4.78, 5) is 10.4. The lowest BCUT2D eigenvalue weighted by Gasteiger charge is -1.92. The standard InChI is InChI=1S/C8H5ClN2O/c9-7-2-1-3-11-8(7)4-6(5-12)10-11/h1-5H. The summed E-state index contributed by atoms with van der Waals surface area (Å²) in [6, 6.07) is 5.18. The molecule has 0 bridgehead atoms. The number of halogens is 1. The van der Waals surface area contributed by atoms with E-state index in [0.29, 0.717) is 17.0 Å². The Bertz CT molecular complexity index is 436. The monoisotopic (exact) mass is 180 g/mol. The molecule has 0 aliphatic rings. The number of hydrogen-bond donors (Lipinski definition) is 0. The van der Waals surface area contributed by atoms with Gasteiger partial charge >= 0.3 is 0 Å². The Morgan fingerprint density at radius 2 is 2.42 bits per heavy atom. The van der Waals surface area contributed by atoms with Gasteiger partial charge in [-0.3, -0.25) is 4.79 Å². The smallest absolute Gasteiger partial charge is 0.170 e. The molecule has 0 aliphatic heterocycles. The van der Waals surface area contributed by atoms with Gasteiger partial charge in [-0.25, -0.2) is 4.52 Å². The van der Waals surface area contributed by atoms with Crippen molar-refractivity contribution >= 4 is 23.4 Å². The highest BCUT2D eigenvalue weighted by molar-refractivity contribution is 6.33. The third-order valence-corrected chi connectivity index (χ3v) is 1.91. The van der Waals surface area contributed by atoms with Gasteiger partial charge < -0.3 is 0 Å². The van der Waals surface area contributed by atoms with Gasteiger partial charge in [-0.15, -0.1) is 0 Å². The van der Waals surface area contributed by atoms with E-state index in [9.17, 15) is 4.79 Å². The van der Waals surface area contributed by atoms with E-state index < -0.39 is 0 Å². The minimum absolute atomic E-state index is 0.392. The first-order valence-electron chi connectivity index (χ1n) is 3.40. The first-order valence-corrected chi connectivity index (χ1v) is 3.78. The second-order valence-corrected chi connectivity index (χ2v) is 2.78. The van der Waals surface area contributed by atoms with E-state index in [0.717, 1.165) is 5.52 Å². The molecule has 0 aliphatic carbocycles. The molecule has 2 rings (SSSR count). The van der Waals surface area contributed by atoms with Gasteiger partial charge in [0.2, 0.25) is 0 Å². The van der Waals surface area contributed by atoms with Crippen LogP contribution >= 0.6 is 11.6 Å². The zero-order valence-corrected chi connectivity index (χ0v) is 6.82. The number of nitrogens with zero attached hydrogens (tertiary/aromatic N) is 2. The van der Waals surface area contributed by atoms with E-state index in [4.69, 9.17) is 11.6 Å². The second kappa shape index (κ2) is 2.60. The number of aldehydes is 1. The molecule has 0 atom stereocenters. The van der Waals surface area contributed by atoms with Crippen molar-refractivity contribution in [3.05, 3.63) is 35.1 Å². The predicted molar refractivity (Wildman–Crippen MR) is 45.6 cm³/mol. The summed E-state index contributed by atoms with van der Waals surface area (Å²) in [5.41, 5.74) is 1.14. The third-order valence-electron chi connectivity index (χ3n) is 1.59. The number of fused-ring (bicyclic) bond motifs is 1. The van der Waals surface area contributed by atoms with Gasteiger partial charge in [0, 0.05) is 6.20 Å². The first kappa shape index (κ1) is 7.31. The molecule has 3 nitrogen and oxygen atoms in total. The van der Waals surface area contributed by atoms with Crippen LogP contribution in [0, 0.1) is 0 Å². The maximum atomic E-state index is 10.4. The summed E-state index contributed by atoms with van der Waals surface area (Å²) in [5.74, 6) is 0. The molecule has 0 saturated heterocycles. The molecule has 60 valence electrons. The van der Waals surface area contributed by atoms with Crippen LogP contribution in [0.25, 0.3) is 5.52 Å². The Kier molecular flexibility index (Phi) is 1.59. The largest absolute Gasteiger partial charge is 0.296 e. The van der Waals surface area contributed by atoms with Crippen molar-refractivity contribution in [1.82, 2.24) is 9.61 Å². The van der Waals surface area contributed by atoms with Crippen molar-refractivity contribution in [2.75, 3.05) is 0 Å². The van der Waals surface area contributed by atoms with Gasteiger partial charge in [-0.05, 0) is 18.2 Å². The van der Waals surface area contributed by atoms with Crippen molar-refractivity contribution in [3.8, 4) is 0 Å². The number of hydrogen-bond acceptors (Lipinski definition) is 2. The minimum Gasteiger partial charge on any atom is -0.296 e. The van der Waals surface area contributed by atoms with Crippen LogP contribution in [0.3, 0.4) is 0 Å². The van der Waals surface area contributed by atoms with Gasteiger partial charge in [0.15, 0.2) is 6.29 Å². The lowest BCUT2D eigenvalue weighted by Crippen LogP contribution is -1.86. The topological polar surface area (TPSA) is 34.4 Å². The summed E-state index contributed by atoms with van der Waals surface area (Å²) >= 11 is 5.85. The van der Waals surface area contributed by atoms with Gasteiger partial charge in [-0.1, -0.05) is 11.6 Å².